The second-order valence-electron chi connectivity index (χ2n) is 5.31. The summed E-state index contributed by atoms with van der Waals surface area (Å²) in [4.78, 5) is 6.13. The zero-order chi connectivity index (χ0) is 17.0. The zero-order valence-electron chi connectivity index (χ0n) is 13.3. The fourth-order valence-electron chi connectivity index (χ4n) is 2.11. The van der Waals surface area contributed by atoms with Crippen molar-refractivity contribution in [1.29, 1.82) is 0 Å². The Hall–Kier alpha value is -2.09. The molecule has 5 nitrogen and oxygen atoms in total. The lowest BCUT2D eigenvalue weighted by atomic mass is 10.2. The Labute approximate surface area is 132 Å². The molecule has 1 aromatic heterocycles. The first-order valence-corrected chi connectivity index (χ1v) is 7.07. The van der Waals surface area contributed by atoms with Gasteiger partial charge in [0.25, 0.3) is 0 Å². The molecule has 0 amide bonds. The van der Waals surface area contributed by atoms with Gasteiger partial charge in [0.05, 0.1) is 6.61 Å². The largest absolute Gasteiger partial charge is 0.408 e. The first-order chi connectivity index (χ1) is 10.8. The lowest BCUT2D eigenvalue weighted by Crippen LogP contribution is -2.19. The van der Waals surface area contributed by atoms with Crippen LogP contribution in [0.25, 0.3) is 11.4 Å². The monoisotopic (exact) mass is 328 g/mol. The number of methoxy groups -OCH3 is 1. The maximum atomic E-state index is 12.8. The van der Waals surface area contributed by atoms with Crippen LogP contribution in [0, 0.1) is 0 Å². The van der Waals surface area contributed by atoms with E-state index in [1.54, 1.807) is 18.2 Å². The number of benzene rings is 1. The summed E-state index contributed by atoms with van der Waals surface area (Å²) in [6.45, 7) is -0.818. The molecule has 0 radical (unpaired) electrons. The lowest BCUT2D eigenvalue weighted by molar-refractivity contribution is -0.142. The van der Waals surface area contributed by atoms with E-state index in [-0.39, 0.29) is 5.82 Å². The van der Waals surface area contributed by atoms with Crippen molar-refractivity contribution in [2.45, 2.75) is 19.1 Å². The van der Waals surface area contributed by atoms with Gasteiger partial charge in [-0.15, -0.1) is 0 Å². The fourth-order valence-corrected chi connectivity index (χ4v) is 2.11. The zero-order valence-corrected chi connectivity index (χ0v) is 13.3. The molecule has 2 aromatic rings. The average Bonchev–Trinajstić information content (AvgIpc) is 2.86. The number of anilines is 1. The van der Waals surface area contributed by atoms with E-state index in [9.17, 15) is 13.2 Å². The second-order valence-corrected chi connectivity index (χ2v) is 5.31. The molecule has 1 aromatic carbocycles. The Bertz CT molecular complexity index is 652. The van der Waals surface area contributed by atoms with Crippen molar-refractivity contribution in [1.82, 2.24) is 14.8 Å². The van der Waals surface area contributed by atoms with Crippen molar-refractivity contribution < 1.29 is 17.9 Å². The predicted octanol–water partition coefficient (Wildman–Crippen LogP) is 2.76. The van der Waals surface area contributed by atoms with Crippen LogP contribution in [-0.2, 0) is 17.7 Å². The fraction of sp³-hybridized carbons (Fsp3) is 0.467. The number of rotatable bonds is 6. The summed E-state index contributed by atoms with van der Waals surface area (Å²) in [5.74, 6) is 0.540. The Balaban J connectivity index is 2.42. The van der Waals surface area contributed by atoms with Gasteiger partial charge in [0.15, 0.2) is 11.6 Å². The van der Waals surface area contributed by atoms with Crippen molar-refractivity contribution in [2.75, 3.05) is 32.7 Å². The average molecular weight is 328 g/mol. The molecule has 0 saturated carbocycles. The van der Waals surface area contributed by atoms with Crippen LogP contribution >= 0.6 is 0 Å². The molecular formula is C15H19F3N4O. The highest BCUT2D eigenvalue weighted by Gasteiger charge is 2.30. The van der Waals surface area contributed by atoms with Gasteiger partial charge in [-0.25, -0.2) is 9.67 Å². The Morgan fingerprint density at radius 2 is 2.00 bits per heavy atom. The van der Waals surface area contributed by atoms with E-state index in [4.69, 9.17) is 4.74 Å². The van der Waals surface area contributed by atoms with Crippen LogP contribution in [0.15, 0.2) is 24.3 Å². The number of ether oxygens (including phenoxy) is 1. The van der Waals surface area contributed by atoms with Gasteiger partial charge in [0.2, 0.25) is 0 Å². The molecule has 0 spiro atoms. The molecule has 0 bridgehead atoms. The SMILES string of the molecule is COCCc1nc(-c2cccc(N(C)C)c2)n(CC(F)(F)F)n1. The topological polar surface area (TPSA) is 43.2 Å². The maximum Gasteiger partial charge on any atom is 0.408 e. The third-order valence-electron chi connectivity index (χ3n) is 3.20. The lowest BCUT2D eigenvalue weighted by Gasteiger charge is -2.14. The Kier molecular flexibility index (Phi) is 5.25. The summed E-state index contributed by atoms with van der Waals surface area (Å²) >= 11 is 0. The van der Waals surface area contributed by atoms with Crippen LogP contribution in [0.3, 0.4) is 0 Å². The van der Waals surface area contributed by atoms with Gasteiger partial charge >= 0.3 is 6.18 Å². The number of nitrogens with zero attached hydrogens (tertiary/aromatic N) is 4. The van der Waals surface area contributed by atoms with Crippen LogP contribution in [0.1, 0.15) is 5.82 Å². The third-order valence-corrected chi connectivity index (χ3v) is 3.20. The molecule has 0 unspecified atom stereocenters. The molecule has 0 N–H and O–H groups in total. The summed E-state index contributed by atoms with van der Waals surface area (Å²) in [6, 6.07) is 7.17. The minimum absolute atomic E-state index is 0.206. The van der Waals surface area contributed by atoms with E-state index in [0.717, 1.165) is 10.4 Å². The van der Waals surface area contributed by atoms with Crippen molar-refractivity contribution in [3.63, 3.8) is 0 Å². The van der Waals surface area contributed by atoms with Gasteiger partial charge in [-0.3, -0.25) is 0 Å². The van der Waals surface area contributed by atoms with Crippen LogP contribution in [0.5, 0.6) is 0 Å². The third kappa shape index (κ3) is 4.69. The number of halogens is 3. The summed E-state index contributed by atoms with van der Waals surface area (Å²) < 4.78 is 44.2. The highest BCUT2D eigenvalue weighted by Crippen LogP contribution is 2.25. The molecule has 0 aliphatic carbocycles. The van der Waals surface area contributed by atoms with E-state index in [2.05, 4.69) is 10.1 Å². The van der Waals surface area contributed by atoms with Crippen LogP contribution in [0.4, 0.5) is 18.9 Å². The number of aromatic nitrogens is 3. The smallest absolute Gasteiger partial charge is 0.384 e. The number of hydrogen-bond acceptors (Lipinski definition) is 4. The molecule has 2 rings (SSSR count). The predicted molar refractivity (Wildman–Crippen MR) is 81.4 cm³/mol. The van der Waals surface area contributed by atoms with E-state index >= 15 is 0 Å². The van der Waals surface area contributed by atoms with Crippen molar-refractivity contribution in [3.05, 3.63) is 30.1 Å². The molecule has 0 aliphatic rings. The minimum Gasteiger partial charge on any atom is -0.384 e. The van der Waals surface area contributed by atoms with Gasteiger partial charge in [0.1, 0.15) is 6.54 Å². The normalized spacial score (nSPS) is 11.7. The molecule has 0 aliphatic heterocycles. The van der Waals surface area contributed by atoms with Crippen LogP contribution < -0.4 is 4.90 Å². The molecule has 1 heterocycles. The summed E-state index contributed by atoms with van der Waals surface area (Å²) in [5, 5.41) is 3.98. The quantitative estimate of drug-likeness (QED) is 0.818. The first kappa shape index (κ1) is 17.3. The summed E-state index contributed by atoms with van der Waals surface area (Å²) in [7, 11) is 5.25. The highest BCUT2D eigenvalue weighted by atomic mass is 19.4. The van der Waals surface area contributed by atoms with Crippen LogP contribution in [0.2, 0.25) is 0 Å². The van der Waals surface area contributed by atoms with Gasteiger partial charge in [-0.1, -0.05) is 12.1 Å². The molecule has 8 heteroatoms. The molecule has 0 atom stereocenters. The van der Waals surface area contributed by atoms with Gasteiger partial charge in [-0.05, 0) is 12.1 Å². The molecular weight excluding hydrogens is 309 g/mol. The number of hydrogen-bond donors (Lipinski definition) is 0. The Morgan fingerprint density at radius 1 is 1.26 bits per heavy atom. The molecule has 0 saturated heterocycles. The number of alkyl halides is 3. The molecule has 23 heavy (non-hydrogen) atoms. The van der Waals surface area contributed by atoms with Gasteiger partial charge in [-0.2, -0.15) is 18.3 Å². The standard InChI is InChI=1S/C15H19F3N4O/c1-21(2)12-6-4-5-11(9-12)14-19-13(7-8-23-3)20-22(14)10-15(16,17)18/h4-6,9H,7-8,10H2,1-3H3. The summed E-state index contributed by atoms with van der Waals surface area (Å²) in [6.07, 6.45) is -4.00. The summed E-state index contributed by atoms with van der Waals surface area (Å²) in [5.41, 5.74) is 1.47. The van der Waals surface area contributed by atoms with Gasteiger partial charge < -0.3 is 9.64 Å². The molecule has 126 valence electrons. The minimum atomic E-state index is -4.36. The van der Waals surface area contributed by atoms with E-state index in [1.807, 2.05) is 25.1 Å². The Morgan fingerprint density at radius 3 is 2.61 bits per heavy atom. The van der Waals surface area contributed by atoms with Gasteiger partial charge in [0, 0.05) is 38.9 Å². The highest BCUT2D eigenvalue weighted by molar-refractivity contribution is 5.63. The van der Waals surface area contributed by atoms with Crippen molar-refractivity contribution in [2.24, 2.45) is 0 Å². The van der Waals surface area contributed by atoms with E-state index < -0.39 is 12.7 Å². The van der Waals surface area contributed by atoms with Crippen molar-refractivity contribution >= 4 is 5.69 Å². The van der Waals surface area contributed by atoms with E-state index in [1.165, 1.54) is 7.11 Å². The second kappa shape index (κ2) is 6.99. The first-order valence-electron chi connectivity index (χ1n) is 7.07. The maximum absolute atomic E-state index is 12.8. The van der Waals surface area contributed by atoms with Crippen LogP contribution in [-0.4, -0.2) is 48.8 Å². The van der Waals surface area contributed by atoms with Crippen molar-refractivity contribution in [3.8, 4) is 11.4 Å². The van der Waals surface area contributed by atoms with E-state index in [0.29, 0.717) is 24.4 Å². The molecule has 0 fully saturated rings.